The topological polar surface area (TPSA) is 66.4 Å². The van der Waals surface area contributed by atoms with E-state index in [1.807, 2.05) is 24.4 Å². The lowest BCUT2D eigenvalue weighted by Crippen LogP contribution is -2.36. The molecular formula is C16H23NO3S. The zero-order chi connectivity index (χ0) is 15.3. The predicted molar refractivity (Wildman–Crippen MR) is 83.3 cm³/mol. The van der Waals surface area contributed by atoms with Crippen molar-refractivity contribution in [2.75, 3.05) is 0 Å². The molecular weight excluding hydrogens is 286 g/mol. The molecule has 2 N–H and O–H groups in total. The molecule has 0 aliphatic heterocycles. The molecule has 0 radical (unpaired) electrons. The molecule has 0 saturated heterocycles. The summed E-state index contributed by atoms with van der Waals surface area (Å²) in [5.74, 6) is -0.824. The minimum Gasteiger partial charge on any atom is -0.481 e. The van der Waals surface area contributed by atoms with Gasteiger partial charge in [-0.25, -0.2) is 0 Å². The number of rotatable bonds is 6. The summed E-state index contributed by atoms with van der Waals surface area (Å²) in [4.78, 5) is 24.6. The van der Waals surface area contributed by atoms with Crippen molar-refractivity contribution >= 4 is 23.2 Å². The average molecular weight is 309 g/mol. The van der Waals surface area contributed by atoms with E-state index in [4.69, 9.17) is 5.11 Å². The van der Waals surface area contributed by atoms with Gasteiger partial charge in [-0.05, 0) is 36.6 Å². The zero-order valence-electron chi connectivity index (χ0n) is 12.4. The monoisotopic (exact) mass is 309 g/mol. The van der Waals surface area contributed by atoms with E-state index in [1.165, 1.54) is 0 Å². The van der Waals surface area contributed by atoms with Crippen LogP contribution in [0.15, 0.2) is 17.5 Å². The van der Waals surface area contributed by atoms with Crippen LogP contribution in [0, 0.1) is 5.41 Å². The molecule has 0 spiro atoms. The molecule has 1 aromatic rings. The summed E-state index contributed by atoms with van der Waals surface area (Å²) in [6.07, 6.45) is 5.33. The van der Waals surface area contributed by atoms with Gasteiger partial charge in [-0.3, -0.25) is 9.59 Å². The Morgan fingerprint density at radius 3 is 2.62 bits per heavy atom. The fourth-order valence-electron chi connectivity index (χ4n) is 3.28. The molecule has 1 aliphatic carbocycles. The molecule has 5 heteroatoms. The fourth-order valence-corrected chi connectivity index (χ4v) is 4.01. The van der Waals surface area contributed by atoms with Crippen molar-refractivity contribution in [2.24, 2.45) is 5.41 Å². The van der Waals surface area contributed by atoms with Gasteiger partial charge in [0, 0.05) is 11.3 Å². The number of amides is 1. The summed E-state index contributed by atoms with van der Waals surface area (Å²) >= 11 is 1.62. The number of thiophene rings is 1. The predicted octanol–water partition coefficient (Wildman–Crippen LogP) is 3.74. The van der Waals surface area contributed by atoms with Crippen LogP contribution in [0.5, 0.6) is 0 Å². The molecule has 2 rings (SSSR count). The summed E-state index contributed by atoms with van der Waals surface area (Å²) in [6.45, 7) is 1.97. The first-order valence-corrected chi connectivity index (χ1v) is 8.43. The van der Waals surface area contributed by atoms with Crippen LogP contribution in [0.3, 0.4) is 0 Å². The SMILES string of the molecule is C[C@@H](NC(=O)CC1(CC(=O)O)CCCCC1)c1cccs1. The highest BCUT2D eigenvalue weighted by Gasteiger charge is 2.36. The van der Waals surface area contributed by atoms with Crippen LogP contribution in [0.25, 0.3) is 0 Å². The van der Waals surface area contributed by atoms with Crippen molar-refractivity contribution in [1.82, 2.24) is 5.32 Å². The van der Waals surface area contributed by atoms with Crippen LogP contribution < -0.4 is 5.32 Å². The molecule has 0 aromatic carbocycles. The van der Waals surface area contributed by atoms with Crippen LogP contribution >= 0.6 is 11.3 Å². The number of hydrogen-bond acceptors (Lipinski definition) is 3. The number of hydrogen-bond donors (Lipinski definition) is 2. The molecule has 1 aliphatic rings. The van der Waals surface area contributed by atoms with E-state index in [-0.39, 0.29) is 23.8 Å². The number of carboxylic acid groups (broad SMARTS) is 1. The van der Waals surface area contributed by atoms with Gasteiger partial charge in [0.2, 0.25) is 5.91 Å². The molecule has 116 valence electrons. The standard InChI is InChI=1S/C16H23NO3S/c1-12(13-6-5-9-21-13)17-14(18)10-16(11-15(19)20)7-3-2-4-8-16/h5-6,9,12H,2-4,7-8,10-11H2,1H3,(H,17,18)(H,19,20)/t12-/m1/s1. The normalized spacial score (nSPS) is 18.9. The van der Waals surface area contributed by atoms with E-state index in [9.17, 15) is 9.59 Å². The summed E-state index contributed by atoms with van der Waals surface area (Å²) in [5.41, 5.74) is -0.344. The Morgan fingerprint density at radius 1 is 1.33 bits per heavy atom. The minimum absolute atomic E-state index is 0.0111. The molecule has 1 atom stereocenters. The van der Waals surface area contributed by atoms with Crippen molar-refractivity contribution in [3.05, 3.63) is 22.4 Å². The van der Waals surface area contributed by atoms with Crippen LogP contribution in [0.2, 0.25) is 0 Å². The van der Waals surface area contributed by atoms with E-state index in [0.717, 1.165) is 37.0 Å². The molecule has 1 amide bonds. The first-order valence-electron chi connectivity index (χ1n) is 7.55. The lowest BCUT2D eigenvalue weighted by Gasteiger charge is -2.35. The smallest absolute Gasteiger partial charge is 0.303 e. The zero-order valence-corrected chi connectivity index (χ0v) is 13.2. The second kappa shape index (κ2) is 7.07. The van der Waals surface area contributed by atoms with E-state index < -0.39 is 5.97 Å². The molecule has 21 heavy (non-hydrogen) atoms. The van der Waals surface area contributed by atoms with Crippen LogP contribution in [-0.2, 0) is 9.59 Å². The molecule has 0 bridgehead atoms. The van der Waals surface area contributed by atoms with Crippen molar-refractivity contribution in [3.63, 3.8) is 0 Å². The third-order valence-corrected chi connectivity index (χ3v) is 5.38. The average Bonchev–Trinajstić information content (AvgIpc) is 2.92. The maximum Gasteiger partial charge on any atom is 0.303 e. The summed E-state index contributed by atoms with van der Waals surface area (Å²) in [7, 11) is 0. The Kier molecular flexibility index (Phi) is 5.39. The highest BCUT2D eigenvalue weighted by atomic mass is 32.1. The van der Waals surface area contributed by atoms with E-state index in [1.54, 1.807) is 11.3 Å². The first kappa shape index (κ1) is 16.0. The molecule has 0 unspecified atom stereocenters. The van der Waals surface area contributed by atoms with Gasteiger partial charge in [0.1, 0.15) is 0 Å². The molecule has 1 fully saturated rings. The Labute approximate surface area is 129 Å². The lowest BCUT2D eigenvalue weighted by molar-refractivity contribution is -0.141. The van der Waals surface area contributed by atoms with Gasteiger partial charge in [0.25, 0.3) is 0 Å². The van der Waals surface area contributed by atoms with Crippen molar-refractivity contribution < 1.29 is 14.7 Å². The number of aliphatic carboxylic acids is 1. The molecule has 4 nitrogen and oxygen atoms in total. The van der Waals surface area contributed by atoms with Gasteiger partial charge in [-0.15, -0.1) is 11.3 Å². The minimum atomic E-state index is -0.795. The molecule has 1 heterocycles. The second-order valence-corrected chi connectivity index (χ2v) is 7.09. The van der Waals surface area contributed by atoms with Crippen LogP contribution in [-0.4, -0.2) is 17.0 Å². The number of carboxylic acids is 1. The van der Waals surface area contributed by atoms with Gasteiger partial charge in [-0.1, -0.05) is 25.3 Å². The van der Waals surface area contributed by atoms with Crippen LogP contribution in [0.4, 0.5) is 0 Å². The van der Waals surface area contributed by atoms with Crippen LogP contribution in [0.1, 0.15) is 62.8 Å². The van der Waals surface area contributed by atoms with E-state index in [0.29, 0.717) is 6.42 Å². The lowest BCUT2D eigenvalue weighted by atomic mass is 9.69. The number of carbonyl (C=O) groups excluding carboxylic acids is 1. The van der Waals surface area contributed by atoms with E-state index in [2.05, 4.69) is 5.32 Å². The first-order chi connectivity index (χ1) is 10.0. The van der Waals surface area contributed by atoms with Crippen molar-refractivity contribution in [1.29, 1.82) is 0 Å². The molecule has 1 aromatic heterocycles. The highest BCUT2D eigenvalue weighted by molar-refractivity contribution is 7.10. The third kappa shape index (κ3) is 4.56. The largest absolute Gasteiger partial charge is 0.481 e. The summed E-state index contributed by atoms with van der Waals surface area (Å²) in [5, 5.41) is 14.1. The Morgan fingerprint density at radius 2 is 2.05 bits per heavy atom. The third-order valence-electron chi connectivity index (χ3n) is 4.32. The highest BCUT2D eigenvalue weighted by Crippen LogP contribution is 2.42. The Balaban J connectivity index is 1.96. The van der Waals surface area contributed by atoms with E-state index >= 15 is 0 Å². The maximum absolute atomic E-state index is 12.3. The number of nitrogens with one attached hydrogen (secondary N) is 1. The van der Waals surface area contributed by atoms with Gasteiger partial charge >= 0.3 is 5.97 Å². The van der Waals surface area contributed by atoms with Gasteiger partial charge in [-0.2, -0.15) is 0 Å². The Hall–Kier alpha value is -1.36. The number of carbonyl (C=O) groups is 2. The second-order valence-electron chi connectivity index (χ2n) is 6.11. The Bertz CT molecular complexity index is 478. The van der Waals surface area contributed by atoms with Gasteiger partial charge in [0.05, 0.1) is 12.5 Å². The molecule has 1 saturated carbocycles. The summed E-state index contributed by atoms with van der Waals surface area (Å²) < 4.78 is 0. The fraction of sp³-hybridized carbons (Fsp3) is 0.625. The maximum atomic E-state index is 12.3. The van der Waals surface area contributed by atoms with Gasteiger partial charge < -0.3 is 10.4 Å². The summed E-state index contributed by atoms with van der Waals surface area (Å²) in [6, 6.07) is 3.96. The quantitative estimate of drug-likeness (QED) is 0.841. The van der Waals surface area contributed by atoms with Gasteiger partial charge in [0.15, 0.2) is 0 Å². The van der Waals surface area contributed by atoms with Crippen molar-refractivity contribution in [2.45, 2.75) is 57.9 Å². The van der Waals surface area contributed by atoms with Crippen molar-refractivity contribution in [3.8, 4) is 0 Å².